The number of carbonyl (C=O) groups excluding carboxylic acids is 4. The molecule has 0 aliphatic heterocycles. The molecule has 7 unspecified atom stereocenters. The minimum absolute atomic E-state index is 0.0449. The van der Waals surface area contributed by atoms with Crippen LogP contribution in [0.5, 0.6) is 0 Å². The quantitative estimate of drug-likeness (QED) is 0.662. The molecule has 0 saturated heterocycles. The average molecular weight is 447 g/mol. The van der Waals surface area contributed by atoms with E-state index in [-0.39, 0.29) is 34.9 Å². The lowest BCUT2D eigenvalue weighted by atomic mass is 9.45. The van der Waals surface area contributed by atoms with Crippen LogP contribution in [0.25, 0.3) is 0 Å². The van der Waals surface area contributed by atoms with Crippen molar-refractivity contribution in [2.24, 2.45) is 28.6 Å². The van der Waals surface area contributed by atoms with Crippen molar-refractivity contribution in [2.75, 3.05) is 6.61 Å². The molecule has 0 aromatic carbocycles. The Labute approximate surface area is 188 Å². The predicted molar refractivity (Wildman–Crippen MR) is 114 cm³/mol. The molecule has 0 bridgehead atoms. The molecule has 0 heterocycles. The van der Waals surface area contributed by atoms with E-state index in [0.29, 0.717) is 25.7 Å². The maximum absolute atomic E-state index is 13.1. The number of ketones is 2. The van der Waals surface area contributed by atoms with Crippen molar-refractivity contribution in [3.05, 3.63) is 11.6 Å². The zero-order valence-corrected chi connectivity index (χ0v) is 19.4. The van der Waals surface area contributed by atoms with Gasteiger partial charge < -0.3 is 14.6 Å². The fraction of sp³-hybridized carbons (Fsp3) is 0.760. The van der Waals surface area contributed by atoms with E-state index in [1.165, 1.54) is 13.8 Å². The van der Waals surface area contributed by atoms with Crippen LogP contribution >= 0.6 is 0 Å². The Hall–Kier alpha value is -2.02. The minimum Gasteiger partial charge on any atom is -0.462 e. The number of hydrogen-bond acceptors (Lipinski definition) is 7. The molecule has 1 N–H and O–H groups in total. The van der Waals surface area contributed by atoms with E-state index in [1.54, 1.807) is 6.08 Å². The maximum Gasteiger partial charge on any atom is 0.303 e. The Morgan fingerprint density at radius 2 is 1.81 bits per heavy atom. The van der Waals surface area contributed by atoms with E-state index in [2.05, 4.69) is 6.92 Å². The monoisotopic (exact) mass is 446 g/mol. The van der Waals surface area contributed by atoms with Crippen molar-refractivity contribution < 1.29 is 33.8 Å². The molecule has 0 amide bonds. The summed E-state index contributed by atoms with van der Waals surface area (Å²) in [4.78, 5) is 48.5. The topological polar surface area (TPSA) is 107 Å². The van der Waals surface area contributed by atoms with Crippen LogP contribution in [0.4, 0.5) is 0 Å². The summed E-state index contributed by atoms with van der Waals surface area (Å²) in [6, 6.07) is 0. The largest absolute Gasteiger partial charge is 0.462 e. The summed E-state index contributed by atoms with van der Waals surface area (Å²) in [5.41, 5.74) is -1.50. The van der Waals surface area contributed by atoms with E-state index in [4.69, 9.17) is 9.47 Å². The normalized spacial score (nSPS) is 42.8. The smallest absolute Gasteiger partial charge is 0.303 e. The van der Waals surface area contributed by atoms with E-state index in [9.17, 15) is 24.3 Å². The van der Waals surface area contributed by atoms with Gasteiger partial charge in [0.2, 0.25) is 5.78 Å². The van der Waals surface area contributed by atoms with Crippen molar-refractivity contribution in [3.8, 4) is 0 Å². The van der Waals surface area contributed by atoms with Crippen molar-refractivity contribution in [2.45, 2.75) is 84.3 Å². The highest BCUT2D eigenvalue weighted by Gasteiger charge is 2.69. The van der Waals surface area contributed by atoms with Crippen LogP contribution in [0, 0.1) is 28.6 Å². The molecule has 4 rings (SSSR count). The minimum atomic E-state index is -1.63. The molecule has 4 aliphatic carbocycles. The fourth-order valence-electron chi connectivity index (χ4n) is 7.72. The standard InChI is InChI=1S/C25H34O7/c1-14(26)31-13-21(29)25(30)10-8-19-18-6-5-16-11-17(28)7-9-23(16,3)22(18)20(32-15(2)27)12-24(19,25)4/h11,18-20,22,30H,5-10,12-13H2,1-4H3. The molecule has 0 spiro atoms. The van der Waals surface area contributed by atoms with Gasteiger partial charge in [-0.3, -0.25) is 19.2 Å². The Morgan fingerprint density at radius 1 is 1.09 bits per heavy atom. The molecular weight excluding hydrogens is 412 g/mol. The summed E-state index contributed by atoms with van der Waals surface area (Å²) in [6.45, 7) is 6.30. The molecule has 7 atom stereocenters. The lowest BCUT2D eigenvalue weighted by Crippen LogP contribution is -2.62. The summed E-state index contributed by atoms with van der Waals surface area (Å²) in [5, 5.41) is 11.7. The summed E-state index contributed by atoms with van der Waals surface area (Å²) >= 11 is 0. The van der Waals surface area contributed by atoms with Crippen molar-refractivity contribution in [3.63, 3.8) is 0 Å². The van der Waals surface area contributed by atoms with Gasteiger partial charge in [-0.2, -0.15) is 0 Å². The first-order valence-corrected chi connectivity index (χ1v) is 11.7. The molecule has 3 saturated carbocycles. The van der Waals surface area contributed by atoms with Gasteiger partial charge >= 0.3 is 11.9 Å². The number of ether oxygens (including phenoxy) is 2. The van der Waals surface area contributed by atoms with Gasteiger partial charge in [0.05, 0.1) is 0 Å². The van der Waals surface area contributed by atoms with Crippen LogP contribution in [0.2, 0.25) is 0 Å². The third-order valence-electron chi connectivity index (χ3n) is 9.21. The third-order valence-corrected chi connectivity index (χ3v) is 9.21. The Kier molecular flexibility index (Phi) is 5.63. The second kappa shape index (κ2) is 7.79. The second-order valence-corrected chi connectivity index (χ2v) is 10.8. The molecular formula is C25H34O7. The first kappa shape index (κ1) is 23.1. The Morgan fingerprint density at radius 3 is 2.47 bits per heavy atom. The van der Waals surface area contributed by atoms with Crippen LogP contribution in [-0.2, 0) is 28.7 Å². The molecule has 3 fully saturated rings. The zero-order valence-electron chi connectivity index (χ0n) is 19.4. The summed E-state index contributed by atoms with van der Waals surface area (Å²) in [7, 11) is 0. The van der Waals surface area contributed by atoms with Crippen LogP contribution in [-0.4, -0.2) is 46.9 Å². The van der Waals surface area contributed by atoms with Gasteiger partial charge in [-0.25, -0.2) is 0 Å². The lowest BCUT2D eigenvalue weighted by molar-refractivity contribution is -0.196. The van der Waals surface area contributed by atoms with Crippen molar-refractivity contribution in [1.82, 2.24) is 0 Å². The first-order chi connectivity index (χ1) is 14.9. The number of fused-ring (bicyclic) bond motifs is 5. The van der Waals surface area contributed by atoms with E-state index < -0.39 is 35.5 Å². The number of carbonyl (C=O) groups is 4. The number of aliphatic hydroxyl groups is 1. The van der Waals surface area contributed by atoms with E-state index in [0.717, 1.165) is 24.8 Å². The highest BCUT2D eigenvalue weighted by atomic mass is 16.5. The molecule has 176 valence electrons. The zero-order chi connectivity index (χ0) is 23.5. The van der Waals surface area contributed by atoms with Crippen LogP contribution in [0.3, 0.4) is 0 Å². The number of esters is 2. The van der Waals surface area contributed by atoms with Gasteiger partial charge in [-0.15, -0.1) is 0 Å². The number of Topliss-reactive ketones (excluding diaryl/α,β-unsaturated/α-hetero) is 1. The van der Waals surface area contributed by atoms with Crippen LogP contribution < -0.4 is 0 Å². The molecule has 0 aromatic rings. The van der Waals surface area contributed by atoms with Crippen LogP contribution in [0.15, 0.2) is 11.6 Å². The van der Waals surface area contributed by atoms with Gasteiger partial charge in [0.15, 0.2) is 12.4 Å². The van der Waals surface area contributed by atoms with E-state index in [1.807, 2.05) is 6.92 Å². The van der Waals surface area contributed by atoms with Gasteiger partial charge in [0.1, 0.15) is 11.7 Å². The average Bonchev–Trinajstić information content (AvgIpc) is 2.97. The Bertz CT molecular complexity index is 891. The highest BCUT2D eigenvalue weighted by Crippen LogP contribution is 2.68. The fourth-order valence-corrected chi connectivity index (χ4v) is 7.72. The number of rotatable bonds is 4. The van der Waals surface area contributed by atoms with Gasteiger partial charge in [-0.05, 0) is 61.9 Å². The van der Waals surface area contributed by atoms with Crippen molar-refractivity contribution in [1.29, 1.82) is 0 Å². The predicted octanol–water partition coefficient (Wildman–Crippen LogP) is 2.92. The second-order valence-electron chi connectivity index (χ2n) is 10.8. The highest BCUT2D eigenvalue weighted by molar-refractivity contribution is 5.92. The van der Waals surface area contributed by atoms with E-state index >= 15 is 0 Å². The molecule has 0 radical (unpaired) electrons. The summed E-state index contributed by atoms with van der Waals surface area (Å²) in [6.07, 6.45) is 5.59. The Balaban J connectivity index is 1.73. The van der Waals surface area contributed by atoms with Gasteiger partial charge in [0.25, 0.3) is 0 Å². The molecule has 0 aromatic heterocycles. The number of allylic oxidation sites excluding steroid dienone is 1. The maximum atomic E-state index is 13.1. The van der Waals surface area contributed by atoms with Crippen molar-refractivity contribution >= 4 is 23.5 Å². The lowest BCUT2D eigenvalue weighted by Gasteiger charge is -2.60. The van der Waals surface area contributed by atoms with Crippen LogP contribution in [0.1, 0.15) is 72.6 Å². The molecule has 32 heavy (non-hydrogen) atoms. The number of hydrogen-bond donors (Lipinski definition) is 1. The third kappa shape index (κ3) is 3.35. The van der Waals surface area contributed by atoms with Gasteiger partial charge in [0, 0.05) is 31.6 Å². The molecule has 4 aliphatic rings. The van der Waals surface area contributed by atoms with Gasteiger partial charge in [-0.1, -0.05) is 19.4 Å². The molecule has 7 nitrogen and oxygen atoms in total. The SMILES string of the molecule is CC(=O)OCC(=O)C1(O)CCC2C3CCC4=CC(=O)CCC4(C)C3C(OC(C)=O)CC21C. The molecule has 7 heteroatoms. The summed E-state index contributed by atoms with van der Waals surface area (Å²) < 4.78 is 10.8. The summed E-state index contributed by atoms with van der Waals surface area (Å²) in [5.74, 6) is -0.964. The first-order valence-electron chi connectivity index (χ1n) is 11.7.